The molecule has 1 aliphatic rings. The first-order valence-electron chi connectivity index (χ1n) is 6.31. The van der Waals surface area contributed by atoms with Crippen molar-refractivity contribution in [2.75, 3.05) is 19.8 Å². The number of hydrogen-bond donors (Lipinski definition) is 0. The minimum absolute atomic E-state index is 0.141. The predicted octanol–water partition coefficient (Wildman–Crippen LogP) is 1.36. The number of esters is 1. The van der Waals surface area contributed by atoms with E-state index in [1.807, 2.05) is 11.5 Å². The van der Waals surface area contributed by atoms with Gasteiger partial charge in [-0.25, -0.2) is 4.79 Å². The molecule has 1 saturated heterocycles. The van der Waals surface area contributed by atoms with Gasteiger partial charge in [0.1, 0.15) is 5.82 Å². The third kappa shape index (κ3) is 2.38. The van der Waals surface area contributed by atoms with Gasteiger partial charge in [-0.1, -0.05) is 0 Å². The molecule has 0 radical (unpaired) electrons. The molecule has 1 aromatic rings. The summed E-state index contributed by atoms with van der Waals surface area (Å²) < 4.78 is 12.3. The van der Waals surface area contributed by atoms with Gasteiger partial charge >= 0.3 is 5.97 Å². The lowest BCUT2D eigenvalue weighted by Crippen LogP contribution is -2.23. The van der Waals surface area contributed by atoms with Crippen LogP contribution in [0.2, 0.25) is 0 Å². The van der Waals surface area contributed by atoms with Gasteiger partial charge in [-0.2, -0.15) is 0 Å². The van der Waals surface area contributed by atoms with Gasteiger partial charge in [-0.05, 0) is 27.2 Å². The average Bonchev–Trinajstić information content (AvgIpc) is 2.97. The van der Waals surface area contributed by atoms with Crippen molar-refractivity contribution < 1.29 is 14.3 Å². The smallest absolute Gasteiger partial charge is 0.376 e. The molecule has 1 aliphatic heterocycles. The summed E-state index contributed by atoms with van der Waals surface area (Å²) in [6, 6.07) is 0.141. The molecule has 0 aromatic carbocycles. The van der Waals surface area contributed by atoms with E-state index in [1.54, 1.807) is 6.92 Å². The van der Waals surface area contributed by atoms with Crippen LogP contribution in [0.5, 0.6) is 0 Å². The largest absolute Gasteiger partial charge is 0.460 e. The lowest BCUT2D eigenvalue weighted by Gasteiger charge is -2.21. The summed E-state index contributed by atoms with van der Waals surface area (Å²) in [7, 11) is 0. The molecule has 2 unspecified atom stereocenters. The van der Waals surface area contributed by atoms with Crippen molar-refractivity contribution in [2.24, 2.45) is 5.92 Å². The predicted molar refractivity (Wildman–Crippen MR) is 64.4 cm³/mol. The minimum atomic E-state index is -0.413. The van der Waals surface area contributed by atoms with Crippen LogP contribution in [0.25, 0.3) is 0 Å². The number of hydrogen-bond acceptors (Lipinski definition) is 5. The van der Waals surface area contributed by atoms with Crippen molar-refractivity contribution in [3.8, 4) is 0 Å². The maximum Gasteiger partial charge on any atom is 0.376 e. The first-order valence-corrected chi connectivity index (χ1v) is 6.31. The van der Waals surface area contributed by atoms with Gasteiger partial charge in [0.2, 0.25) is 5.82 Å². The van der Waals surface area contributed by atoms with E-state index in [2.05, 4.69) is 17.1 Å². The Bertz CT molecular complexity index is 424. The van der Waals surface area contributed by atoms with Crippen molar-refractivity contribution in [3.05, 3.63) is 11.6 Å². The molecular formula is C12H19N3O3. The number of rotatable bonds is 4. The van der Waals surface area contributed by atoms with Crippen molar-refractivity contribution in [1.29, 1.82) is 0 Å². The average molecular weight is 253 g/mol. The molecule has 0 spiro atoms. The second-order valence-electron chi connectivity index (χ2n) is 4.53. The standard InChI is InChI=1S/C12H19N3O3/c1-4-18-12(16)11-14-13-9(3)15(11)8(2)10-5-6-17-7-10/h8,10H,4-7H2,1-3H3. The van der Waals surface area contributed by atoms with Gasteiger partial charge in [-0.3, -0.25) is 0 Å². The number of nitrogens with zero attached hydrogens (tertiary/aromatic N) is 3. The van der Waals surface area contributed by atoms with Gasteiger partial charge in [0.05, 0.1) is 13.2 Å². The lowest BCUT2D eigenvalue weighted by molar-refractivity contribution is 0.0500. The van der Waals surface area contributed by atoms with E-state index >= 15 is 0 Å². The Balaban J connectivity index is 2.25. The van der Waals surface area contributed by atoms with E-state index in [-0.39, 0.29) is 11.9 Å². The Hall–Kier alpha value is -1.43. The summed E-state index contributed by atoms with van der Waals surface area (Å²) >= 11 is 0. The van der Waals surface area contributed by atoms with E-state index < -0.39 is 5.97 Å². The maximum absolute atomic E-state index is 11.8. The molecule has 0 N–H and O–H groups in total. The number of carbonyl (C=O) groups is 1. The maximum atomic E-state index is 11.8. The van der Waals surface area contributed by atoms with Crippen molar-refractivity contribution in [2.45, 2.75) is 33.2 Å². The van der Waals surface area contributed by atoms with E-state index in [0.717, 1.165) is 25.5 Å². The van der Waals surface area contributed by atoms with E-state index in [0.29, 0.717) is 12.5 Å². The number of carbonyl (C=O) groups excluding carboxylic acids is 1. The molecule has 0 saturated carbocycles. The van der Waals surface area contributed by atoms with E-state index in [4.69, 9.17) is 9.47 Å². The summed E-state index contributed by atoms with van der Waals surface area (Å²) in [5.74, 6) is 1.00. The van der Waals surface area contributed by atoms with Gasteiger partial charge in [-0.15, -0.1) is 10.2 Å². The molecule has 6 nitrogen and oxygen atoms in total. The summed E-state index contributed by atoms with van der Waals surface area (Å²) in [6.45, 7) is 7.54. The van der Waals surface area contributed by atoms with E-state index in [9.17, 15) is 4.79 Å². The van der Waals surface area contributed by atoms with Crippen LogP contribution >= 0.6 is 0 Å². The number of aryl methyl sites for hydroxylation is 1. The minimum Gasteiger partial charge on any atom is -0.460 e. The number of aromatic nitrogens is 3. The second-order valence-corrected chi connectivity index (χ2v) is 4.53. The summed E-state index contributed by atoms with van der Waals surface area (Å²) in [4.78, 5) is 11.8. The zero-order valence-electron chi connectivity index (χ0n) is 11.0. The molecule has 0 aliphatic carbocycles. The fourth-order valence-electron chi connectivity index (χ4n) is 2.34. The van der Waals surface area contributed by atoms with Crippen LogP contribution in [-0.4, -0.2) is 40.6 Å². The highest BCUT2D eigenvalue weighted by molar-refractivity contribution is 5.85. The van der Waals surface area contributed by atoms with Crippen LogP contribution in [0.3, 0.4) is 0 Å². The quantitative estimate of drug-likeness (QED) is 0.758. The molecule has 18 heavy (non-hydrogen) atoms. The molecule has 100 valence electrons. The Kier molecular flexibility index (Phi) is 3.96. The first kappa shape index (κ1) is 13.0. The molecular weight excluding hydrogens is 234 g/mol. The topological polar surface area (TPSA) is 66.2 Å². The molecule has 0 amide bonds. The lowest BCUT2D eigenvalue weighted by atomic mass is 10.0. The molecule has 0 bridgehead atoms. The Morgan fingerprint density at radius 1 is 1.61 bits per heavy atom. The number of ether oxygens (including phenoxy) is 2. The normalized spacial score (nSPS) is 20.9. The summed E-state index contributed by atoms with van der Waals surface area (Å²) in [5.41, 5.74) is 0. The SMILES string of the molecule is CCOC(=O)c1nnc(C)n1C(C)C1CCOC1. The van der Waals surface area contributed by atoms with Gasteiger partial charge in [0, 0.05) is 18.6 Å². The van der Waals surface area contributed by atoms with E-state index in [1.165, 1.54) is 0 Å². The first-order chi connectivity index (χ1) is 8.65. The zero-order chi connectivity index (χ0) is 13.1. The van der Waals surface area contributed by atoms with Crippen LogP contribution in [0.4, 0.5) is 0 Å². The van der Waals surface area contributed by atoms with Crippen molar-refractivity contribution >= 4 is 5.97 Å². The molecule has 2 rings (SSSR count). The van der Waals surface area contributed by atoms with Crippen molar-refractivity contribution in [3.63, 3.8) is 0 Å². The van der Waals surface area contributed by atoms with Gasteiger partial charge in [0.25, 0.3) is 0 Å². The molecule has 6 heteroatoms. The molecule has 2 heterocycles. The fourth-order valence-corrected chi connectivity index (χ4v) is 2.34. The van der Waals surface area contributed by atoms with Gasteiger partial charge < -0.3 is 14.0 Å². The molecule has 2 atom stereocenters. The van der Waals surface area contributed by atoms with Crippen LogP contribution in [0, 0.1) is 12.8 Å². The van der Waals surface area contributed by atoms with Crippen LogP contribution < -0.4 is 0 Å². The highest BCUT2D eigenvalue weighted by atomic mass is 16.5. The highest BCUT2D eigenvalue weighted by Crippen LogP contribution is 2.27. The molecule has 1 aromatic heterocycles. The molecule has 1 fully saturated rings. The second kappa shape index (κ2) is 5.48. The van der Waals surface area contributed by atoms with Crippen LogP contribution in [0.1, 0.15) is 42.8 Å². The fraction of sp³-hybridized carbons (Fsp3) is 0.750. The summed E-state index contributed by atoms with van der Waals surface area (Å²) in [6.07, 6.45) is 1.00. The third-order valence-corrected chi connectivity index (χ3v) is 3.38. The monoisotopic (exact) mass is 253 g/mol. The van der Waals surface area contributed by atoms with Crippen molar-refractivity contribution in [1.82, 2.24) is 14.8 Å². The Labute approximate surface area is 106 Å². The zero-order valence-corrected chi connectivity index (χ0v) is 11.0. The Morgan fingerprint density at radius 2 is 2.39 bits per heavy atom. The highest BCUT2D eigenvalue weighted by Gasteiger charge is 2.29. The van der Waals surface area contributed by atoms with Gasteiger partial charge in [0.15, 0.2) is 0 Å². The third-order valence-electron chi connectivity index (χ3n) is 3.38. The van der Waals surface area contributed by atoms with Crippen LogP contribution in [-0.2, 0) is 9.47 Å². The Morgan fingerprint density at radius 3 is 3.00 bits per heavy atom. The summed E-state index contributed by atoms with van der Waals surface area (Å²) in [5, 5.41) is 7.91. The van der Waals surface area contributed by atoms with Crippen LogP contribution in [0.15, 0.2) is 0 Å².